The van der Waals surface area contributed by atoms with Crippen molar-refractivity contribution >= 4 is 5.78 Å². The van der Waals surface area contributed by atoms with Crippen molar-refractivity contribution in [2.75, 3.05) is 13.1 Å². The van der Waals surface area contributed by atoms with Gasteiger partial charge in [0.15, 0.2) is 5.78 Å². The maximum absolute atomic E-state index is 13.0. The Morgan fingerprint density at radius 2 is 1.71 bits per heavy atom. The van der Waals surface area contributed by atoms with Crippen LogP contribution in [-0.2, 0) is 0 Å². The summed E-state index contributed by atoms with van der Waals surface area (Å²) in [6, 6.07) is 2.26. The van der Waals surface area contributed by atoms with Gasteiger partial charge in [-0.1, -0.05) is 0 Å². The Labute approximate surface area is 118 Å². The van der Waals surface area contributed by atoms with Gasteiger partial charge in [-0.2, -0.15) is 13.2 Å². The molecule has 7 heteroatoms. The molecule has 1 aromatic rings. The summed E-state index contributed by atoms with van der Waals surface area (Å²) in [4.78, 5) is 13.0. The third kappa shape index (κ3) is 5.08. The van der Waals surface area contributed by atoms with E-state index in [-0.39, 0.29) is 24.6 Å². The van der Waals surface area contributed by atoms with E-state index in [0.29, 0.717) is 18.9 Å². The van der Waals surface area contributed by atoms with Crippen molar-refractivity contribution in [1.82, 2.24) is 4.90 Å². The number of nitrogens with zero attached hydrogens (tertiary/aromatic N) is 1. The first kappa shape index (κ1) is 15.9. The first-order valence-electron chi connectivity index (χ1n) is 6.55. The molecule has 2 nitrogen and oxygen atoms in total. The predicted molar refractivity (Wildman–Crippen MR) is 66.0 cm³/mol. The lowest BCUT2D eigenvalue weighted by Crippen LogP contribution is -2.37. The molecule has 1 saturated carbocycles. The second kappa shape index (κ2) is 6.09. The van der Waals surface area contributed by atoms with Gasteiger partial charge < -0.3 is 0 Å². The van der Waals surface area contributed by atoms with Gasteiger partial charge in [0, 0.05) is 30.6 Å². The van der Waals surface area contributed by atoms with Crippen LogP contribution in [0.25, 0.3) is 0 Å². The summed E-state index contributed by atoms with van der Waals surface area (Å²) in [5.41, 5.74) is -0.157. The molecule has 0 amide bonds. The van der Waals surface area contributed by atoms with Crippen molar-refractivity contribution in [2.45, 2.75) is 31.5 Å². The number of hydrogen-bond donors (Lipinski definition) is 0. The van der Waals surface area contributed by atoms with Crippen LogP contribution in [-0.4, -0.2) is 36.0 Å². The summed E-state index contributed by atoms with van der Waals surface area (Å²) in [7, 11) is 0. The van der Waals surface area contributed by atoms with Crippen LogP contribution in [0, 0.1) is 11.6 Å². The molecule has 0 bridgehead atoms. The summed E-state index contributed by atoms with van der Waals surface area (Å²) in [5, 5.41) is 0. The van der Waals surface area contributed by atoms with E-state index >= 15 is 0 Å². The van der Waals surface area contributed by atoms with Crippen LogP contribution < -0.4 is 0 Å². The third-order valence-corrected chi connectivity index (χ3v) is 3.26. The lowest BCUT2D eigenvalue weighted by molar-refractivity contribution is -0.147. The molecule has 0 aromatic heterocycles. The monoisotopic (exact) mass is 307 g/mol. The molecule has 1 aliphatic rings. The Kier molecular flexibility index (Phi) is 4.61. The fourth-order valence-corrected chi connectivity index (χ4v) is 2.17. The van der Waals surface area contributed by atoms with E-state index < -0.39 is 30.1 Å². The first-order valence-corrected chi connectivity index (χ1v) is 6.55. The topological polar surface area (TPSA) is 20.3 Å². The van der Waals surface area contributed by atoms with Crippen LogP contribution in [0.15, 0.2) is 18.2 Å². The molecule has 0 spiro atoms. The molecule has 0 radical (unpaired) electrons. The first-order chi connectivity index (χ1) is 9.74. The van der Waals surface area contributed by atoms with Gasteiger partial charge in [-0.15, -0.1) is 0 Å². The van der Waals surface area contributed by atoms with Crippen molar-refractivity contribution in [3.05, 3.63) is 35.4 Å². The molecule has 2 rings (SSSR count). The van der Waals surface area contributed by atoms with Gasteiger partial charge in [-0.3, -0.25) is 9.69 Å². The predicted octanol–water partition coefficient (Wildman–Crippen LogP) is 3.56. The number of benzene rings is 1. The van der Waals surface area contributed by atoms with Gasteiger partial charge in [0.05, 0.1) is 6.54 Å². The number of carbonyl (C=O) groups is 1. The zero-order chi connectivity index (χ0) is 15.6. The van der Waals surface area contributed by atoms with Crippen molar-refractivity contribution in [2.24, 2.45) is 0 Å². The van der Waals surface area contributed by atoms with E-state index in [1.54, 1.807) is 0 Å². The quantitative estimate of drug-likeness (QED) is 0.591. The second-order valence-electron chi connectivity index (χ2n) is 5.15. The molecule has 0 aliphatic heterocycles. The van der Waals surface area contributed by atoms with Crippen LogP contribution in [0.1, 0.15) is 29.6 Å². The smallest absolute Gasteiger partial charge is 0.294 e. The Hall–Kier alpha value is -1.50. The molecule has 0 atom stereocenters. The average molecular weight is 307 g/mol. The standard InChI is InChI=1S/C14H14F5NO/c15-10-5-9(6-11(16)7-10)13(21)3-4-20(12-1-2-12)8-14(17,18)19/h5-7,12H,1-4,8H2. The summed E-state index contributed by atoms with van der Waals surface area (Å²) in [5.74, 6) is -2.33. The Morgan fingerprint density at radius 1 is 1.14 bits per heavy atom. The molecule has 1 fully saturated rings. The van der Waals surface area contributed by atoms with Crippen LogP contribution in [0.4, 0.5) is 22.0 Å². The van der Waals surface area contributed by atoms with Crippen molar-refractivity contribution in [3.8, 4) is 0 Å². The lowest BCUT2D eigenvalue weighted by Gasteiger charge is -2.22. The zero-order valence-corrected chi connectivity index (χ0v) is 11.1. The molecule has 0 saturated heterocycles. The highest BCUT2D eigenvalue weighted by molar-refractivity contribution is 5.96. The zero-order valence-electron chi connectivity index (χ0n) is 11.1. The molecule has 0 N–H and O–H groups in total. The Morgan fingerprint density at radius 3 is 2.19 bits per heavy atom. The van der Waals surface area contributed by atoms with E-state index in [0.717, 1.165) is 12.1 Å². The number of rotatable bonds is 6. The van der Waals surface area contributed by atoms with E-state index in [1.807, 2.05) is 0 Å². The molecule has 1 aromatic carbocycles. The van der Waals surface area contributed by atoms with Crippen LogP contribution in [0.2, 0.25) is 0 Å². The number of ketones is 1. The summed E-state index contributed by atoms with van der Waals surface area (Å²) >= 11 is 0. The van der Waals surface area contributed by atoms with Gasteiger partial charge in [0.25, 0.3) is 0 Å². The van der Waals surface area contributed by atoms with Crippen molar-refractivity contribution < 1.29 is 26.7 Å². The largest absolute Gasteiger partial charge is 0.401 e. The highest BCUT2D eigenvalue weighted by Gasteiger charge is 2.37. The number of halogens is 5. The molecule has 0 unspecified atom stereocenters. The van der Waals surface area contributed by atoms with E-state index in [9.17, 15) is 26.7 Å². The van der Waals surface area contributed by atoms with E-state index in [4.69, 9.17) is 0 Å². The normalized spacial score (nSPS) is 15.5. The SMILES string of the molecule is O=C(CCN(CC(F)(F)F)C1CC1)c1cc(F)cc(F)c1. The van der Waals surface area contributed by atoms with E-state index in [1.165, 1.54) is 4.90 Å². The van der Waals surface area contributed by atoms with Gasteiger partial charge in [-0.25, -0.2) is 8.78 Å². The lowest BCUT2D eigenvalue weighted by atomic mass is 10.1. The molecule has 0 heterocycles. The summed E-state index contributed by atoms with van der Waals surface area (Å²) in [6.07, 6.45) is -3.16. The Balaban J connectivity index is 1.95. The number of hydrogen-bond acceptors (Lipinski definition) is 2. The molecular weight excluding hydrogens is 293 g/mol. The summed E-state index contributed by atoms with van der Waals surface area (Å²) < 4.78 is 63.3. The molecule has 116 valence electrons. The number of alkyl halides is 3. The highest BCUT2D eigenvalue weighted by Crippen LogP contribution is 2.30. The maximum atomic E-state index is 13.0. The van der Waals surface area contributed by atoms with Crippen LogP contribution >= 0.6 is 0 Å². The molecular formula is C14H14F5NO. The molecule has 21 heavy (non-hydrogen) atoms. The van der Waals surface area contributed by atoms with Gasteiger partial charge in [-0.05, 0) is 25.0 Å². The maximum Gasteiger partial charge on any atom is 0.401 e. The van der Waals surface area contributed by atoms with Crippen molar-refractivity contribution in [3.63, 3.8) is 0 Å². The second-order valence-corrected chi connectivity index (χ2v) is 5.15. The van der Waals surface area contributed by atoms with Crippen LogP contribution in [0.5, 0.6) is 0 Å². The van der Waals surface area contributed by atoms with Gasteiger partial charge in [0.2, 0.25) is 0 Å². The van der Waals surface area contributed by atoms with E-state index in [2.05, 4.69) is 0 Å². The molecule has 1 aliphatic carbocycles. The van der Waals surface area contributed by atoms with Crippen LogP contribution in [0.3, 0.4) is 0 Å². The third-order valence-electron chi connectivity index (χ3n) is 3.26. The minimum atomic E-state index is -4.32. The van der Waals surface area contributed by atoms with Crippen molar-refractivity contribution in [1.29, 1.82) is 0 Å². The number of carbonyl (C=O) groups excluding carboxylic acids is 1. The minimum Gasteiger partial charge on any atom is -0.294 e. The van der Waals surface area contributed by atoms with Gasteiger partial charge in [0.1, 0.15) is 11.6 Å². The number of Topliss-reactive ketones (excluding diaryl/α,β-unsaturated/α-hetero) is 1. The Bertz CT molecular complexity index is 504. The van der Waals surface area contributed by atoms with Gasteiger partial charge >= 0.3 is 6.18 Å². The highest BCUT2D eigenvalue weighted by atomic mass is 19.4. The minimum absolute atomic E-state index is 0.0683. The fraction of sp³-hybridized carbons (Fsp3) is 0.500. The average Bonchev–Trinajstić information content (AvgIpc) is 3.15. The summed E-state index contributed by atoms with van der Waals surface area (Å²) in [6.45, 7) is -1.14. The fourth-order valence-electron chi connectivity index (χ4n) is 2.17.